The first-order valence-corrected chi connectivity index (χ1v) is 9.07. The lowest BCUT2D eigenvalue weighted by Gasteiger charge is -2.13. The summed E-state index contributed by atoms with van der Waals surface area (Å²) >= 11 is 0. The molecule has 0 spiro atoms. The van der Waals surface area contributed by atoms with Crippen LogP contribution in [0.1, 0.15) is 5.56 Å². The molecule has 3 N–H and O–H groups in total. The molecule has 28 heavy (non-hydrogen) atoms. The predicted molar refractivity (Wildman–Crippen MR) is 91.4 cm³/mol. The van der Waals surface area contributed by atoms with Crippen molar-refractivity contribution in [3.8, 4) is 11.6 Å². The Hall–Kier alpha value is -3.19. The van der Waals surface area contributed by atoms with Crippen LogP contribution in [0.15, 0.2) is 47.8 Å². The highest BCUT2D eigenvalue weighted by molar-refractivity contribution is 7.89. The molecule has 0 fully saturated rings. The fourth-order valence-electron chi connectivity index (χ4n) is 2.12. The highest BCUT2D eigenvalue weighted by Gasteiger charge is 2.36. The Morgan fingerprint density at radius 3 is 2.39 bits per heavy atom. The number of hydrogen-bond acceptors (Lipinski definition) is 7. The molecule has 3 aromatic rings. The molecule has 3 rings (SSSR count). The van der Waals surface area contributed by atoms with Gasteiger partial charge in [-0.15, -0.1) is 0 Å². The molecule has 0 aliphatic rings. The maximum absolute atomic E-state index is 13.2. The first kappa shape index (κ1) is 19.6. The van der Waals surface area contributed by atoms with Crippen LogP contribution in [-0.2, 0) is 23.2 Å². The van der Waals surface area contributed by atoms with Gasteiger partial charge in [-0.1, -0.05) is 0 Å². The number of aryl methyl sites for hydroxylation is 1. The van der Waals surface area contributed by atoms with Gasteiger partial charge in [0.25, 0.3) is 0 Å². The zero-order chi connectivity index (χ0) is 20.5. The summed E-state index contributed by atoms with van der Waals surface area (Å²) in [6, 6.07) is 5.19. The van der Waals surface area contributed by atoms with Crippen LogP contribution in [0.4, 0.5) is 24.8 Å². The largest absolute Gasteiger partial charge is 0.435 e. The molecule has 148 valence electrons. The molecule has 0 unspecified atom stereocenters. The Bertz CT molecular complexity index is 1100. The standard InChI is InChI=1S/C15H13F3N6O3S/c1-24-8-10(6-21-24)27-13-12(15(16,17)18)7-20-14(23-13)22-9-2-4-11(5-3-9)28(19,25)26/h2-8H,1H3,(H2,19,25,26)(H,20,22,23). The number of sulfonamides is 1. The van der Waals surface area contributed by atoms with Gasteiger partial charge in [0.05, 0.1) is 17.3 Å². The molecule has 13 heteroatoms. The van der Waals surface area contributed by atoms with Crippen molar-refractivity contribution in [1.82, 2.24) is 19.7 Å². The van der Waals surface area contributed by atoms with E-state index in [9.17, 15) is 21.6 Å². The van der Waals surface area contributed by atoms with Gasteiger partial charge >= 0.3 is 6.18 Å². The molecular formula is C15H13F3N6O3S. The molecule has 2 aromatic heterocycles. The molecule has 9 nitrogen and oxygen atoms in total. The number of benzene rings is 1. The number of alkyl halides is 3. The third-order valence-corrected chi connectivity index (χ3v) is 4.32. The molecule has 0 saturated heterocycles. The maximum Gasteiger partial charge on any atom is 0.423 e. The summed E-state index contributed by atoms with van der Waals surface area (Å²) in [5, 5.41) is 11.5. The van der Waals surface area contributed by atoms with Gasteiger partial charge in [0.15, 0.2) is 5.75 Å². The van der Waals surface area contributed by atoms with E-state index < -0.39 is 27.6 Å². The minimum Gasteiger partial charge on any atom is -0.435 e. The molecule has 0 radical (unpaired) electrons. The van der Waals surface area contributed by atoms with Crippen LogP contribution in [0.5, 0.6) is 11.6 Å². The van der Waals surface area contributed by atoms with Gasteiger partial charge in [-0.25, -0.2) is 18.5 Å². The van der Waals surface area contributed by atoms with Crippen molar-refractivity contribution in [2.24, 2.45) is 12.2 Å². The molecule has 1 aromatic carbocycles. The van der Waals surface area contributed by atoms with E-state index in [1.807, 2.05) is 0 Å². The van der Waals surface area contributed by atoms with E-state index in [1.54, 1.807) is 7.05 Å². The Morgan fingerprint density at radius 2 is 1.86 bits per heavy atom. The summed E-state index contributed by atoms with van der Waals surface area (Å²) in [4.78, 5) is 7.28. The van der Waals surface area contributed by atoms with Gasteiger partial charge in [0.2, 0.25) is 21.9 Å². The average molecular weight is 414 g/mol. The quantitative estimate of drug-likeness (QED) is 0.657. The third-order valence-electron chi connectivity index (χ3n) is 3.39. The summed E-state index contributed by atoms with van der Waals surface area (Å²) in [5.74, 6) is -0.829. The average Bonchev–Trinajstić information content (AvgIpc) is 2.98. The van der Waals surface area contributed by atoms with Crippen LogP contribution in [0.3, 0.4) is 0 Å². The number of nitrogens with zero attached hydrogens (tertiary/aromatic N) is 4. The number of rotatable bonds is 5. The topological polar surface area (TPSA) is 125 Å². The maximum atomic E-state index is 13.2. The zero-order valence-electron chi connectivity index (χ0n) is 14.2. The highest BCUT2D eigenvalue weighted by Crippen LogP contribution is 2.37. The minimum atomic E-state index is -4.73. The smallest absolute Gasteiger partial charge is 0.423 e. The van der Waals surface area contributed by atoms with Crippen LogP contribution >= 0.6 is 0 Å². The summed E-state index contributed by atoms with van der Waals surface area (Å²) in [5.41, 5.74) is -0.828. The zero-order valence-corrected chi connectivity index (χ0v) is 15.0. The lowest BCUT2D eigenvalue weighted by atomic mass is 10.3. The van der Waals surface area contributed by atoms with E-state index in [2.05, 4.69) is 20.4 Å². The number of nitrogens with two attached hydrogens (primary N) is 1. The Morgan fingerprint density at radius 1 is 1.18 bits per heavy atom. The molecule has 0 saturated carbocycles. The SMILES string of the molecule is Cn1cc(Oc2nc(Nc3ccc(S(N)(=O)=O)cc3)ncc2C(F)(F)F)cn1. The molecular weight excluding hydrogens is 401 g/mol. The second-order valence-corrected chi connectivity index (χ2v) is 7.12. The van der Waals surface area contributed by atoms with E-state index in [0.29, 0.717) is 11.9 Å². The predicted octanol–water partition coefficient (Wildman–Crippen LogP) is 2.41. The number of nitrogens with one attached hydrogen (secondary N) is 1. The normalized spacial score (nSPS) is 12.0. The summed E-state index contributed by atoms with van der Waals surface area (Å²) in [7, 11) is -2.29. The molecule has 0 bridgehead atoms. The number of ether oxygens (including phenoxy) is 1. The number of aromatic nitrogens is 4. The molecule has 2 heterocycles. The lowest BCUT2D eigenvalue weighted by molar-refractivity contribution is -0.139. The van der Waals surface area contributed by atoms with Gasteiger partial charge in [0, 0.05) is 18.9 Å². The lowest BCUT2D eigenvalue weighted by Crippen LogP contribution is -2.12. The summed E-state index contributed by atoms with van der Waals surface area (Å²) in [6.45, 7) is 0. The molecule has 0 atom stereocenters. The Balaban J connectivity index is 1.90. The van der Waals surface area contributed by atoms with Gasteiger partial charge < -0.3 is 10.1 Å². The Kier molecular flexibility index (Phi) is 4.95. The third kappa shape index (κ3) is 4.55. The van der Waals surface area contributed by atoms with Crippen molar-refractivity contribution in [1.29, 1.82) is 0 Å². The first-order valence-electron chi connectivity index (χ1n) is 7.53. The van der Waals surface area contributed by atoms with E-state index in [1.165, 1.54) is 41.3 Å². The fourth-order valence-corrected chi connectivity index (χ4v) is 2.63. The van der Waals surface area contributed by atoms with Crippen LogP contribution in [0.2, 0.25) is 0 Å². The van der Waals surface area contributed by atoms with Gasteiger partial charge in [-0.3, -0.25) is 4.68 Å². The van der Waals surface area contributed by atoms with Crippen molar-refractivity contribution in [3.63, 3.8) is 0 Å². The summed E-state index contributed by atoms with van der Waals surface area (Å²) < 4.78 is 68.7. The minimum absolute atomic E-state index is 0.0650. The van der Waals surface area contributed by atoms with Crippen LogP contribution in [-0.4, -0.2) is 28.2 Å². The monoisotopic (exact) mass is 414 g/mol. The van der Waals surface area contributed by atoms with Crippen molar-refractivity contribution in [2.75, 3.05) is 5.32 Å². The first-order chi connectivity index (χ1) is 13.0. The molecule has 0 aliphatic carbocycles. The van der Waals surface area contributed by atoms with E-state index in [-0.39, 0.29) is 16.6 Å². The molecule has 0 aliphatic heterocycles. The van der Waals surface area contributed by atoms with Crippen molar-refractivity contribution in [2.45, 2.75) is 11.1 Å². The van der Waals surface area contributed by atoms with Gasteiger partial charge in [0.1, 0.15) is 5.56 Å². The van der Waals surface area contributed by atoms with E-state index >= 15 is 0 Å². The van der Waals surface area contributed by atoms with Gasteiger partial charge in [-0.05, 0) is 24.3 Å². The van der Waals surface area contributed by atoms with Crippen LogP contribution < -0.4 is 15.2 Å². The van der Waals surface area contributed by atoms with Crippen LogP contribution in [0.25, 0.3) is 0 Å². The van der Waals surface area contributed by atoms with Crippen molar-refractivity contribution >= 4 is 21.7 Å². The van der Waals surface area contributed by atoms with Crippen LogP contribution in [0, 0.1) is 0 Å². The second-order valence-electron chi connectivity index (χ2n) is 5.56. The van der Waals surface area contributed by atoms with Gasteiger partial charge in [-0.2, -0.15) is 23.3 Å². The highest BCUT2D eigenvalue weighted by atomic mass is 32.2. The van der Waals surface area contributed by atoms with E-state index in [0.717, 1.165) is 0 Å². The Labute approximate surface area is 157 Å². The number of primary sulfonamides is 1. The summed E-state index contributed by atoms with van der Waals surface area (Å²) in [6.07, 6.45) is -1.53. The molecule has 0 amide bonds. The number of halogens is 3. The van der Waals surface area contributed by atoms with E-state index in [4.69, 9.17) is 9.88 Å². The van der Waals surface area contributed by atoms with Crippen molar-refractivity contribution in [3.05, 3.63) is 48.4 Å². The number of hydrogen-bond donors (Lipinski definition) is 2. The number of anilines is 2. The second kappa shape index (κ2) is 7.09. The fraction of sp³-hybridized carbons (Fsp3) is 0.133. The van der Waals surface area contributed by atoms with Crippen molar-refractivity contribution < 1.29 is 26.3 Å².